The molecule has 20 heavy (non-hydrogen) atoms. The molecule has 0 aliphatic carbocycles. The summed E-state index contributed by atoms with van der Waals surface area (Å²) in [6.07, 6.45) is 0.0537. The van der Waals surface area contributed by atoms with Gasteiger partial charge < -0.3 is 20.5 Å². The summed E-state index contributed by atoms with van der Waals surface area (Å²) in [5.74, 6) is 0.449. The third-order valence-corrected chi connectivity index (χ3v) is 2.95. The van der Waals surface area contributed by atoms with Crippen LogP contribution in [0.25, 0.3) is 0 Å². The van der Waals surface area contributed by atoms with Gasteiger partial charge in [-0.25, -0.2) is 0 Å². The summed E-state index contributed by atoms with van der Waals surface area (Å²) in [4.78, 5) is 11.8. The second-order valence-electron chi connectivity index (χ2n) is 4.33. The number of nitrogens with two attached hydrogens (primary N) is 1. The maximum atomic E-state index is 11.8. The fourth-order valence-electron chi connectivity index (χ4n) is 1.68. The van der Waals surface area contributed by atoms with E-state index in [0.29, 0.717) is 36.9 Å². The minimum atomic E-state index is -0.593. The number of halogens is 1. The van der Waals surface area contributed by atoms with Crippen molar-refractivity contribution in [1.82, 2.24) is 5.32 Å². The van der Waals surface area contributed by atoms with Gasteiger partial charge in [-0.3, -0.25) is 4.79 Å². The SMILES string of the molecule is COCCNC(=O)C(C)Oc1ccc(Cl)cc1CCN. The first-order valence-electron chi connectivity index (χ1n) is 6.50. The predicted molar refractivity (Wildman–Crippen MR) is 79.2 cm³/mol. The van der Waals surface area contributed by atoms with E-state index in [1.165, 1.54) is 0 Å². The van der Waals surface area contributed by atoms with Gasteiger partial charge in [-0.05, 0) is 43.7 Å². The topological polar surface area (TPSA) is 73.6 Å². The van der Waals surface area contributed by atoms with Gasteiger partial charge in [0.05, 0.1) is 6.61 Å². The Balaban J connectivity index is 2.64. The van der Waals surface area contributed by atoms with Crippen LogP contribution in [0.15, 0.2) is 18.2 Å². The maximum Gasteiger partial charge on any atom is 0.260 e. The Hall–Kier alpha value is -1.30. The first-order chi connectivity index (χ1) is 9.58. The lowest BCUT2D eigenvalue weighted by atomic mass is 10.1. The summed E-state index contributed by atoms with van der Waals surface area (Å²) >= 11 is 5.95. The highest BCUT2D eigenvalue weighted by Gasteiger charge is 2.15. The molecule has 0 saturated heterocycles. The van der Waals surface area contributed by atoms with Crippen LogP contribution in [0.4, 0.5) is 0 Å². The van der Waals surface area contributed by atoms with Crippen LogP contribution >= 0.6 is 11.6 Å². The van der Waals surface area contributed by atoms with Gasteiger partial charge in [0.1, 0.15) is 5.75 Å². The van der Waals surface area contributed by atoms with Gasteiger partial charge in [-0.2, -0.15) is 0 Å². The lowest BCUT2D eigenvalue weighted by molar-refractivity contribution is -0.127. The van der Waals surface area contributed by atoms with Gasteiger partial charge in [0, 0.05) is 18.7 Å². The van der Waals surface area contributed by atoms with Crippen molar-refractivity contribution in [3.8, 4) is 5.75 Å². The minimum Gasteiger partial charge on any atom is -0.481 e. The predicted octanol–water partition coefficient (Wildman–Crippen LogP) is 1.37. The van der Waals surface area contributed by atoms with Crippen LogP contribution in [0, 0.1) is 0 Å². The number of carbonyl (C=O) groups excluding carboxylic acids is 1. The third kappa shape index (κ3) is 5.36. The highest BCUT2D eigenvalue weighted by atomic mass is 35.5. The van der Waals surface area contributed by atoms with Gasteiger partial charge in [0.2, 0.25) is 0 Å². The molecule has 5 nitrogen and oxygen atoms in total. The van der Waals surface area contributed by atoms with Crippen LogP contribution in [0.1, 0.15) is 12.5 Å². The summed E-state index contributed by atoms with van der Waals surface area (Å²) in [5.41, 5.74) is 6.46. The van der Waals surface area contributed by atoms with Gasteiger partial charge in [0.15, 0.2) is 6.10 Å². The highest BCUT2D eigenvalue weighted by Crippen LogP contribution is 2.24. The molecule has 3 N–H and O–H groups in total. The molecule has 0 saturated carbocycles. The zero-order valence-corrected chi connectivity index (χ0v) is 12.6. The van der Waals surface area contributed by atoms with Crippen molar-refractivity contribution < 1.29 is 14.3 Å². The number of carbonyl (C=O) groups is 1. The smallest absolute Gasteiger partial charge is 0.260 e. The zero-order valence-electron chi connectivity index (χ0n) is 11.8. The quantitative estimate of drug-likeness (QED) is 0.711. The van der Waals surface area contributed by atoms with Crippen molar-refractivity contribution in [1.29, 1.82) is 0 Å². The molecule has 1 atom stereocenters. The summed E-state index contributed by atoms with van der Waals surface area (Å²) in [6, 6.07) is 5.29. The third-order valence-electron chi connectivity index (χ3n) is 2.71. The Kier molecular flexibility index (Phi) is 7.36. The number of methoxy groups -OCH3 is 1. The zero-order chi connectivity index (χ0) is 15.0. The van der Waals surface area contributed by atoms with Gasteiger partial charge in [-0.15, -0.1) is 0 Å². The largest absolute Gasteiger partial charge is 0.481 e. The Bertz CT molecular complexity index is 440. The molecule has 112 valence electrons. The molecule has 0 aliphatic heterocycles. The number of rotatable bonds is 8. The average Bonchev–Trinajstić information content (AvgIpc) is 2.42. The Labute approximate surface area is 124 Å². The van der Waals surface area contributed by atoms with E-state index >= 15 is 0 Å². The molecular formula is C14H21ClN2O3. The highest BCUT2D eigenvalue weighted by molar-refractivity contribution is 6.30. The summed E-state index contributed by atoms with van der Waals surface area (Å²) in [6.45, 7) is 3.12. The van der Waals surface area contributed by atoms with Crippen molar-refractivity contribution in [2.75, 3.05) is 26.8 Å². The van der Waals surface area contributed by atoms with Crippen LogP contribution in [0.3, 0.4) is 0 Å². The first-order valence-corrected chi connectivity index (χ1v) is 6.88. The number of hydrogen-bond donors (Lipinski definition) is 2. The average molecular weight is 301 g/mol. The molecule has 1 unspecified atom stereocenters. The number of hydrogen-bond acceptors (Lipinski definition) is 4. The molecule has 0 fully saturated rings. The minimum absolute atomic E-state index is 0.185. The molecule has 6 heteroatoms. The maximum absolute atomic E-state index is 11.8. The fraction of sp³-hybridized carbons (Fsp3) is 0.500. The van der Waals surface area contributed by atoms with Crippen LogP contribution in [-0.2, 0) is 16.0 Å². The van der Waals surface area contributed by atoms with E-state index in [1.807, 2.05) is 0 Å². The Morgan fingerprint density at radius 1 is 1.50 bits per heavy atom. The van der Waals surface area contributed by atoms with Crippen LogP contribution in [-0.4, -0.2) is 38.8 Å². The van der Waals surface area contributed by atoms with Crippen molar-refractivity contribution in [3.63, 3.8) is 0 Å². The molecule has 1 rings (SSSR count). The van der Waals surface area contributed by atoms with E-state index in [0.717, 1.165) is 5.56 Å². The fourth-order valence-corrected chi connectivity index (χ4v) is 1.87. The van der Waals surface area contributed by atoms with E-state index in [9.17, 15) is 4.79 Å². The molecular weight excluding hydrogens is 280 g/mol. The molecule has 0 aliphatic rings. The molecule has 1 aromatic carbocycles. The van der Waals surface area contributed by atoms with Crippen LogP contribution in [0.5, 0.6) is 5.75 Å². The molecule has 0 bridgehead atoms. The summed E-state index contributed by atoms with van der Waals surface area (Å²) < 4.78 is 10.5. The molecule has 0 heterocycles. The molecule has 1 aromatic rings. The summed E-state index contributed by atoms with van der Waals surface area (Å²) in [5, 5.41) is 3.35. The van der Waals surface area contributed by atoms with Crippen LogP contribution < -0.4 is 15.8 Å². The van der Waals surface area contributed by atoms with E-state index in [2.05, 4.69) is 5.32 Å². The molecule has 0 spiro atoms. The van der Waals surface area contributed by atoms with Crippen molar-refractivity contribution in [3.05, 3.63) is 28.8 Å². The standard InChI is InChI=1S/C14H21ClN2O3/c1-10(14(18)17-7-8-19-2)20-13-4-3-12(15)9-11(13)5-6-16/h3-4,9-10H,5-8,16H2,1-2H3,(H,17,18). The van der Waals surface area contributed by atoms with E-state index in [4.69, 9.17) is 26.8 Å². The van der Waals surface area contributed by atoms with E-state index in [1.54, 1.807) is 32.2 Å². The second kappa shape index (κ2) is 8.79. The van der Waals surface area contributed by atoms with Gasteiger partial charge >= 0.3 is 0 Å². The molecule has 0 radical (unpaired) electrons. The number of benzene rings is 1. The van der Waals surface area contributed by atoms with Crippen molar-refractivity contribution in [2.24, 2.45) is 5.73 Å². The number of ether oxygens (including phenoxy) is 2. The molecule has 1 amide bonds. The molecule has 0 aromatic heterocycles. The van der Waals surface area contributed by atoms with Gasteiger partial charge in [0.25, 0.3) is 5.91 Å². The monoisotopic (exact) mass is 300 g/mol. The Morgan fingerprint density at radius 3 is 2.90 bits per heavy atom. The first kappa shape index (κ1) is 16.8. The van der Waals surface area contributed by atoms with Crippen molar-refractivity contribution in [2.45, 2.75) is 19.4 Å². The summed E-state index contributed by atoms with van der Waals surface area (Å²) in [7, 11) is 1.58. The lowest BCUT2D eigenvalue weighted by Crippen LogP contribution is -2.38. The number of amides is 1. The lowest BCUT2D eigenvalue weighted by Gasteiger charge is -2.17. The Morgan fingerprint density at radius 2 is 2.25 bits per heavy atom. The number of nitrogens with one attached hydrogen (secondary N) is 1. The second-order valence-corrected chi connectivity index (χ2v) is 4.77. The normalized spacial score (nSPS) is 12.0. The van der Waals surface area contributed by atoms with Crippen LogP contribution in [0.2, 0.25) is 5.02 Å². The van der Waals surface area contributed by atoms with E-state index in [-0.39, 0.29) is 5.91 Å². The van der Waals surface area contributed by atoms with Gasteiger partial charge in [-0.1, -0.05) is 11.6 Å². The van der Waals surface area contributed by atoms with E-state index < -0.39 is 6.10 Å². The van der Waals surface area contributed by atoms with Crippen molar-refractivity contribution >= 4 is 17.5 Å².